The van der Waals surface area contributed by atoms with Gasteiger partial charge in [-0.1, -0.05) is 17.7 Å². The van der Waals surface area contributed by atoms with Gasteiger partial charge in [0.2, 0.25) is 0 Å². The van der Waals surface area contributed by atoms with Crippen LogP contribution in [0.1, 0.15) is 15.9 Å². The summed E-state index contributed by atoms with van der Waals surface area (Å²) in [6.45, 7) is 1.36. The maximum absolute atomic E-state index is 12.4. The number of hydrogen-bond donors (Lipinski definition) is 1. The van der Waals surface area contributed by atoms with Gasteiger partial charge in [0.05, 0.1) is 21.3 Å². The second kappa shape index (κ2) is 9.14. The van der Waals surface area contributed by atoms with E-state index in [9.17, 15) is 9.59 Å². The second-order valence-corrected chi connectivity index (χ2v) is 5.93. The third-order valence-electron chi connectivity index (χ3n) is 3.73. The zero-order valence-corrected chi connectivity index (χ0v) is 16.2. The minimum absolute atomic E-state index is 0.113. The third kappa shape index (κ3) is 5.04. The van der Waals surface area contributed by atoms with Gasteiger partial charge in [-0.05, 0) is 24.6 Å². The number of carbonyl (C=O) groups excluding carboxylic acids is 2. The quantitative estimate of drug-likeness (QED) is 0.725. The molecule has 0 saturated heterocycles. The van der Waals surface area contributed by atoms with Gasteiger partial charge in [0.1, 0.15) is 11.3 Å². The molecule has 0 heterocycles. The molecule has 0 unspecified atom stereocenters. The van der Waals surface area contributed by atoms with Crippen molar-refractivity contribution >= 4 is 29.2 Å². The van der Waals surface area contributed by atoms with Crippen LogP contribution in [-0.2, 0) is 9.53 Å². The summed E-state index contributed by atoms with van der Waals surface area (Å²) < 4.78 is 20.6. The fourth-order valence-electron chi connectivity index (χ4n) is 2.31. The number of methoxy groups -OCH3 is 3. The van der Waals surface area contributed by atoms with E-state index in [0.29, 0.717) is 22.2 Å². The first-order chi connectivity index (χ1) is 12.9. The highest BCUT2D eigenvalue weighted by Gasteiger charge is 2.20. The van der Waals surface area contributed by atoms with E-state index >= 15 is 0 Å². The van der Waals surface area contributed by atoms with Gasteiger partial charge in [0.15, 0.2) is 18.1 Å². The molecule has 0 atom stereocenters. The van der Waals surface area contributed by atoms with Crippen LogP contribution >= 0.6 is 11.6 Å². The number of anilines is 1. The van der Waals surface area contributed by atoms with Crippen LogP contribution in [0.4, 0.5) is 5.69 Å². The smallest absolute Gasteiger partial charge is 0.342 e. The molecule has 0 radical (unpaired) electrons. The predicted molar refractivity (Wildman–Crippen MR) is 101 cm³/mol. The number of nitrogens with one attached hydrogen (secondary N) is 1. The fraction of sp³-hybridized carbons (Fsp3) is 0.263. The second-order valence-electron chi connectivity index (χ2n) is 5.49. The first-order valence-electron chi connectivity index (χ1n) is 7.92. The average molecular weight is 394 g/mol. The minimum Gasteiger partial charge on any atom is -0.496 e. The van der Waals surface area contributed by atoms with E-state index in [1.54, 1.807) is 18.2 Å². The molecule has 144 valence electrons. The van der Waals surface area contributed by atoms with Gasteiger partial charge in [-0.15, -0.1) is 0 Å². The molecule has 2 aromatic carbocycles. The molecule has 0 saturated carbocycles. The maximum atomic E-state index is 12.4. The van der Waals surface area contributed by atoms with E-state index in [2.05, 4.69) is 5.32 Å². The van der Waals surface area contributed by atoms with Crippen LogP contribution in [0, 0.1) is 6.92 Å². The molecule has 1 N–H and O–H groups in total. The number of benzene rings is 2. The highest BCUT2D eigenvalue weighted by atomic mass is 35.5. The van der Waals surface area contributed by atoms with E-state index in [4.69, 9.17) is 30.5 Å². The molecule has 7 nitrogen and oxygen atoms in total. The van der Waals surface area contributed by atoms with Crippen LogP contribution in [0.15, 0.2) is 30.3 Å². The Balaban J connectivity index is 2.08. The number of esters is 1. The lowest BCUT2D eigenvalue weighted by molar-refractivity contribution is -0.119. The molecule has 0 bridgehead atoms. The zero-order chi connectivity index (χ0) is 20.0. The van der Waals surface area contributed by atoms with Gasteiger partial charge in [-0.3, -0.25) is 4.79 Å². The van der Waals surface area contributed by atoms with Crippen LogP contribution in [0.3, 0.4) is 0 Å². The molecule has 2 rings (SSSR count). The largest absolute Gasteiger partial charge is 0.496 e. The summed E-state index contributed by atoms with van der Waals surface area (Å²) >= 11 is 5.92. The Bertz CT molecular complexity index is 852. The molecule has 8 heteroatoms. The van der Waals surface area contributed by atoms with Crippen LogP contribution in [0.5, 0.6) is 17.2 Å². The summed E-state index contributed by atoms with van der Waals surface area (Å²) in [4.78, 5) is 24.5. The minimum atomic E-state index is -0.731. The predicted octanol–water partition coefficient (Wildman–Crippen LogP) is 3.47. The Labute approximate surface area is 162 Å². The Morgan fingerprint density at radius 3 is 2.22 bits per heavy atom. The summed E-state index contributed by atoms with van der Waals surface area (Å²) in [6, 6.07) is 8.05. The molecule has 0 aliphatic carbocycles. The number of rotatable bonds is 7. The molecule has 27 heavy (non-hydrogen) atoms. The summed E-state index contributed by atoms with van der Waals surface area (Å²) in [5.74, 6) is -0.244. The van der Waals surface area contributed by atoms with E-state index in [1.165, 1.54) is 33.5 Å². The number of halogens is 1. The van der Waals surface area contributed by atoms with Crippen molar-refractivity contribution in [1.29, 1.82) is 0 Å². The number of hydrogen-bond acceptors (Lipinski definition) is 6. The average Bonchev–Trinajstić information content (AvgIpc) is 2.67. The molecule has 1 amide bonds. The zero-order valence-electron chi connectivity index (χ0n) is 15.4. The number of ether oxygens (including phenoxy) is 4. The lowest BCUT2D eigenvalue weighted by Gasteiger charge is -2.14. The van der Waals surface area contributed by atoms with Gasteiger partial charge < -0.3 is 24.3 Å². The molecule has 2 aromatic rings. The molecular weight excluding hydrogens is 374 g/mol. The van der Waals surface area contributed by atoms with Crippen LogP contribution in [0.2, 0.25) is 5.02 Å². The highest BCUT2D eigenvalue weighted by molar-refractivity contribution is 6.31. The number of amides is 1. The van der Waals surface area contributed by atoms with Crippen molar-refractivity contribution < 1.29 is 28.5 Å². The summed E-state index contributed by atoms with van der Waals surface area (Å²) in [5.41, 5.74) is 1.50. The van der Waals surface area contributed by atoms with Crippen molar-refractivity contribution in [1.82, 2.24) is 0 Å². The molecule has 0 aliphatic rings. The van der Waals surface area contributed by atoms with Gasteiger partial charge in [-0.25, -0.2) is 4.79 Å². The van der Waals surface area contributed by atoms with Crippen molar-refractivity contribution in [2.24, 2.45) is 0 Å². The summed E-state index contributed by atoms with van der Waals surface area (Å²) in [6.07, 6.45) is 0. The lowest BCUT2D eigenvalue weighted by Crippen LogP contribution is -2.21. The van der Waals surface area contributed by atoms with E-state index in [0.717, 1.165) is 5.56 Å². The van der Waals surface area contributed by atoms with Crippen LogP contribution in [-0.4, -0.2) is 39.8 Å². The van der Waals surface area contributed by atoms with Crippen LogP contribution < -0.4 is 19.5 Å². The number of carbonyl (C=O) groups is 2. The number of aryl methyl sites for hydroxylation is 1. The third-order valence-corrected chi connectivity index (χ3v) is 3.97. The monoisotopic (exact) mass is 393 g/mol. The van der Waals surface area contributed by atoms with Crippen molar-refractivity contribution in [3.8, 4) is 17.2 Å². The summed E-state index contributed by atoms with van der Waals surface area (Å²) in [5, 5.41) is 3.14. The molecule has 0 fully saturated rings. The molecule has 0 spiro atoms. The van der Waals surface area contributed by atoms with E-state index in [-0.39, 0.29) is 11.3 Å². The van der Waals surface area contributed by atoms with E-state index < -0.39 is 18.5 Å². The normalized spacial score (nSPS) is 10.1. The first kappa shape index (κ1) is 20.4. The van der Waals surface area contributed by atoms with Crippen molar-refractivity contribution in [3.05, 3.63) is 46.5 Å². The van der Waals surface area contributed by atoms with Gasteiger partial charge >= 0.3 is 5.97 Å². The lowest BCUT2D eigenvalue weighted by atomic mass is 10.1. The van der Waals surface area contributed by atoms with Gasteiger partial charge in [0, 0.05) is 22.8 Å². The van der Waals surface area contributed by atoms with Crippen molar-refractivity contribution in [2.45, 2.75) is 6.92 Å². The fourth-order valence-corrected chi connectivity index (χ4v) is 2.48. The molecular formula is C19H20ClNO6. The Morgan fingerprint density at radius 1 is 0.963 bits per heavy atom. The Kier molecular flexibility index (Phi) is 6.90. The Morgan fingerprint density at radius 2 is 1.59 bits per heavy atom. The standard InChI is InChI=1S/C19H20ClNO6/c1-11-5-6-12(20)7-14(11)21-18(22)10-27-19(23)13-8-16(25-3)17(26-4)9-15(13)24-2/h5-9H,10H2,1-4H3,(H,21,22). The van der Waals surface area contributed by atoms with Crippen molar-refractivity contribution in [2.75, 3.05) is 33.3 Å². The molecule has 0 aliphatic heterocycles. The Hall–Kier alpha value is -2.93. The van der Waals surface area contributed by atoms with Gasteiger partial charge in [-0.2, -0.15) is 0 Å². The van der Waals surface area contributed by atoms with Crippen molar-refractivity contribution in [3.63, 3.8) is 0 Å². The van der Waals surface area contributed by atoms with E-state index in [1.807, 2.05) is 6.92 Å². The van der Waals surface area contributed by atoms with Crippen LogP contribution in [0.25, 0.3) is 0 Å². The highest BCUT2D eigenvalue weighted by Crippen LogP contribution is 2.34. The summed E-state index contributed by atoms with van der Waals surface area (Å²) in [7, 11) is 4.32. The molecule has 0 aromatic heterocycles. The topological polar surface area (TPSA) is 83.1 Å². The van der Waals surface area contributed by atoms with Gasteiger partial charge in [0.25, 0.3) is 5.91 Å². The SMILES string of the molecule is COc1cc(OC)c(C(=O)OCC(=O)Nc2cc(Cl)ccc2C)cc1OC. The first-order valence-corrected chi connectivity index (χ1v) is 8.30. The maximum Gasteiger partial charge on any atom is 0.342 e.